The number of carbonyl (C=O) groups is 2. The Balaban J connectivity index is 1.38. The van der Waals surface area contributed by atoms with Crippen molar-refractivity contribution in [2.24, 2.45) is 0 Å². The number of nitrogens with one attached hydrogen (secondary N) is 1. The molecule has 7 heteroatoms. The first-order chi connectivity index (χ1) is 16.7. The summed E-state index contributed by atoms with van der Waals surface area (Å²) in [5.74, 6) is -0.475. The van der Waals surface area contributed by atoms with E-state index < -0.39 is 5.97 Å². The summed E-state index contributed by atoms with van der Waals surface area (Å²) in [4.78, 5) is 31.1. The quantitative estimate of drug-likeness (QED) is 0.419. The molecule has 0 radical (unpaired) electrons. The zero-order chi connectivity index (χ0) is 23.5. The van der Waals surface area contributed by atoms with E-state index in [4.69, 9.17) is 4.74 Å². The van der Waals surface area contributed by atoms with Crippen molar-refractivity contribution in [1.82, 2.24) is 19.7 Å². The Bertz CT molecular complexity index is 1320. The van der Waals surface area contributed by atoms with E-state index in [9.17, 15) is 9.59 Å². The lowest BCUT2D eigenvalue weighted by molar-refractivity contribution is 0.0513. The van der Waals surface area contributed by atoms with Gasteiger partial charge in [0.15, 0.2) is 5.69 Å². The van der Waals surface area contributed by atoms with Crippen LogP contribution in [0.5, 0.6) is 0 Å². The summed E-state index contributed by atoms with van der Waals surface area (Å²) in [5.41, 5.74) is 5.02. The number of nitrogens with zero attached hydrogens (tertiary/aromatic N) is 3. The highest BCUT2D eigenvalue weighted by atomic mass is 16.5. The SMILES string of the molecule is CCOC(=O)c1nn(CCCc2ccccc2)c2c1CN(C(=O)c1c[nH]c3ccccc13)CC2. The van der Waals surface area contributed by atoms with Gasteiger partial charge in [-0.15, -0.1) is 0 Å². The van der Waals surface area contributed by atoms with E-state index in [1.165, 1.54) is 5.56 Å². The summed E-state index contributed by atoms with van der Waals surface area (Å²) in [6.07, 6.45) is 4.27. The molecule has 34 heavy (non-hydrogen) atoms. The molecule has 0 aliphatic carbocycles. The zero-order valence-corrected chi connectivity index (χ0v) is 19.3. The number of aromatic nitrogens is 3. The van der Waals surface area contributed by atoms with Crippen LogP contribution in [0.1, 0.15) is 51.0 Å². The molecule has 0 bridgehead atoms. The summed E-state index contributed by atoms with van der Waals surface area (Å²) < 4.78 is 7.23. The fourth-order valence-corrected chi connectivity index (χ4v) is 4.71. The normalized spacial score (nSPS) is 13.1. The van der Waals surface area contributed by atoms with Gasteiger partial charge < -0.3 is 14.6 Å². The number of H-pyrrole nitrogens is 1. The number of ether oxygens (including phenoxy) is 1. The van der Waals surface area contributed by atoms with Gasteiger partial charge in [-0.1, -0.05) is 48.5 Å². The number of amides is 1. The number of hydrogen-bond acceptors (Lipinski definition) is 4. The maximum atomic E-state index is 13.4. The van der Waals surface area contributed by atoms with Crippen LogP contribution in [-0.4, -0.2) is 44.7 Å². The van der Waals surface area contributed by atoms with Gasteiger partial charge in [0.2, 0.25) is 0 Å². The molecule has 2 aromatic carbocycles. The number of para-hydroxylation sites is 1. The highest BCUT2D eigenvalue weighted by Gasteiger charge is 2.31. The molecule has 2 aromatic heterocycles. The van der Waals surface area contributed by atoms with Crippen molar-refractivity contribution in [2.45, 2.75) is 39.3 Å². The molecule has 1 aliphatic rings. The predicted molar refractivity (Wildman–Crippen MR) is 130 cm³/mol. The highest BCUT2D eigenvalue weighted by molar-refractivity contribution is 6.06. The number of benzene rings is 2. The maximum Gasteiger partial charge on any atom is 0.359 e. The van der Waals surface area contributed by atoms with E-state index in [1.807, 2.05) is 47.1 Å². The molecule has 4 aromatic rings. The lowest BCUT2D eigenvalue weighted by Gasteiger charge is -2.27. The average molecular weight is 457 g/mol. The molecular weight excluding hydrogens is 428 g/mol. The number of fused-ring (bicyclic) bond motifs is 2. The van der Waals surface area contributed by atoms with Crippen molar-refractivity contribution < 1.29 is 14.3 Å². The second-order valence-corrected chi connectivity index (χ2v) is 8.53. The predicted octanol–water partition coefficient (Wildman–Crippen LogP) is 4.37. The Hall–Kier alpha value is -3.87. The lowest BCUT2D eigenvalue weighted by atomic mass is 10.0. The van der Waals surface area contributed by atoms with Gasteiger partial charge >= 0.3 is 5.97 Å². The summed E-state index contributed by atoms with van der Waals surface area (Å²) in [7, 11) is 0. The van der Waals surface area contributed by atoms with Gasteiger partial charge in [-0.2, -0.15) is 5.10 Å². The number of aromatic amines is 1. The van der Waals surface area contributed by atoms with Gasteiger partial charge in [0.25, 0.3) is 5.91 Å². The van der Waals surface area contributed by atoms with E-state index in [0.29, 0.717) is 37.3 Å². The summed E-state index contributed by atoms with van der Waals surface area (Å²) in [6.45, 7) is 3.71. The van der Waals surface area contributed by atoms with Crippen molar-refractivity contribution in [3.63, 3.8) is 0 Å². The molecule has 0 saturated heterocycles. The number of rotatable bonds is 7. The topological polar surface area (TPSA) is 80.2 Å². The minimum atomic E-state index is -0.429. The monoisotopic (exact) mass is 456 g/mol. The third-order valence-corrected chi connectivity index (χ3v) is 6.39. The van der Waals surface area contributed by atoms with Crippen molar-refractivity contribution >= 4 is 22.8 Å². The second-order valence-electron chi connectivity index (χ2n) is 8.53. The Morgan fingerprint density at radius 1 is 1.09 bits per heavy atom. The van der Waals surface area contributed by atoms with Crippen LogP contribution in [0, 0.1) is 0 Å². The molecule has 1 aliphatic heterocycles. The second kappa shape index (κ2) is 9.55. The third kappa shape index (κ3) is 4.21. The van der Waals surface area contributed by atoms with Crippen LogP contribution in [0.2, 0.25) is 0 Å². The fourth-order valence-electron chi connectivity index (χ4n) is 4.71. The van der Waals surface area contributed by atoms with Gasteiger partial charge in [-0.25, -0.2) is 4.79 Å². The minimum absolute atomic E-state index is 0.0465. The van der Waals surface area contributed by atoms with Crippen LogP contribution in [0.4, 0.5) is 0 Å². The summed E-state index contributed by atoms with van der Waals surface area (Å²) in [5, 5.41) is 5.55. The fraction of sp³-hybridized carbons (Fsp3) is 0.296. The number of aryl methyl sites for hydroxylation is 2. The first-order valence-corrected chi connectivity index (χ1v) is 11.8. The Morgan fingerprint density at radius 2 is 1.88 bits per heavy atom. The van der Waals surface area contributed by atoms with Crippen LogP contribution in [-0.2, 0) is 30.7 Å². The number of esters is 1. The molecule has 7 nitrogen and oxygen atoms in total. The molecule has 0 atom stereocenters. The zero-order valence-electron chi connectivity index (χ0n) is 19.3. The molecule has 174 valence electrons. The first-order valence-electron chi connectivity index (χ1n) is 11.8. The van der Waals surface area contributed by atoms with E-state index in [1.54, 1.807) is 18.0 Å². The number of hydrogen-bond donors (Lipinski definition) is 1. The van der Waals surface area contributed by atoms with Crippen LogP contribution < -0.4 is 0 Å². The smallest absolute Gasteiger partial charge is 0.359 e. The molecule has 0 unspecified atom stereocenters. The van der Waals surface area contributed by atoms with Gasteiger partial charge in [0, 0.05) is 47.9 Å². The third-order valence-electron chi connectivity index (χ3n) is 6.39. The van der Waals surface area contributed by atoms with Crippen molar-refractivity contribution in [3.05, 3.63) is 88.9 Å². The molecular formula is C27H28N4O3. The van der Waals surface area contributed by atoms with Crippen LogP contribution >= 0.6 is 0 Å². The highest BCUT2D eigenvalue weighted by Crippen LogP contribution is 2.27. The van der Waals surface area contributed by atoms with E-state index >= 15 is 0 Å². The first kappa shape index (κ1) is 21.9. The molecule has 0 fully saturated rings. The van der Waals surface area contributed by atoms with Crippen LogP contribution in [0.3, 0.4) is 0 Å². The van der Waals surface area contributed by atoms with Crippen LogP contribution in [0.25, 0.3) is 10.9 Å². The van der Waals surface area contributed by atoms with E-state index in [2.05, 4.69) is 22.2 Å². The van der Waals surface area contributed by atoms with Gasteiger partial charge in [-0.05, 0) is 31.4 Å². The molecule has 0 saturated carbocycles. The molecule has 0 spiro atoms. The van der Waals surface area contributed by atoms with E-state index in [-0.39, 0.29) is 12.5 Å². The van der Waals surface area contributed by atoms with Gasteiger partial charge in [-0.3, -0.25) is 9.48 Å². The standard InChI is InChI=1S/C27H28N4O3/c1-2-34-27(33)25-22-18-30(26(32)21-17-28-23-13-7-6-12-20(21)23)16-14-24(22)31(29-25)15-8-11-19-9-4-3-5-10-19/h3-7,9-10,12-13,17,28H,2,8,11,14-16,18H2,1H3. The Morgan fingerprint density at radius 3 is 2.71 bits per heavy atom. The summed E-state index contributed by atoms with van der Waals surface area (Å²) >= 11 is 0. The van der Waals surface area contributed by atoms with Crippen molar-refractivity contribution in [3.8, 4) is 0 Å². The van der Waals surface area contributed by atoms with Crippen molar-refractivity contribution in [1.29, 1.82) is 0 Å². The largest absolute Gasteiger partial charge is 0.461 e. The molecule has 3 heterocycles. The lowest BCUT2D eigenvalue weighted by Crippen LogP contribution is -2.36. The Labute approximate surface area is 198 Å². The minimum Gasteiger partial charge on any atom is -0.461 e. The van der Waals surface area contributed by atoms with Crippen LogP contribution in [0.15, 0.2) is 60.8 Å². The van der Waals surface area contributed by atoms with Gasteiger partial charge in [0.1, 0.15) is 0 Å². The van der Waals surface area contributed by atoms with E-state index in [0.717, 1.165) is 35.0 Å². The van der Waals surface area contributed by atoms with Gasteiger partial charge in [0.05, 0.1) is 18.7 Å². The molecule has 1 amide bonds. The molecule has 5 rings (SSSR count). The maximum absolute atomic E-state index is 13.4. The summed E-state index contributed by atoms with van der Waals surface area (Å²) in [6, 6.07) is 18.1. The van der Waals surface area contributed by atoms with Crippen molar-refractivity contribution in [2.75, 3.05) is 13.2 Å². The Kier molecular flexibility index (Phi) is 6.16. The number of carbonyl (C=O) groups excluding carboxylic acids is 2. The molecule has 1 N–H and O–H groups in total. The average Bonchev–Trinajstić information content (AvgIpc) is 3.46.